The number of carbonyl (C=O) groups is 2. The third kappa shape index (κ3) is 63.0. The first kappa shape index (κ1) is 75.8. The first-order valence-corrected chi connectivity index (χ1v) is 34.9. The highest BCUT2D eigenvalue weighted by Crippen LogP contribution is 2.18. The van der Waals surface area contributed by atoms with Crippen molar-refractivity contribution >= 4 is 11.9 Å². The summed E-state index contributed by atoms with van der Waals surface area (Å²) in [5.74, 6) is -0.0289. The molecule has 0 heterocycles. The number of amides is 1. The fraction of sp³-hybridized carbons (Fsp3) is 0.861. The molecule has 0 aliphatic heterocycles. The van der Waals surface area contributed by atoms with Crippen LogP contribution >= 0.6 is 0 Å². The number of ether oxygens (including phenoxy) is 1. The van der Waals surface area contributed by atoms with E-state index < -0.39 is 12.1 Å². The highest BCUT2D eigenvalue weighted by atomic mass is 16.5. The molecule has 0 aromatic rings. The molecule has 0 radical (unpaired) electrons. The van der Waals surface area contributed by atoms with Crippen LogP contribution in [0.5, 0.6) is 0 Å². The fourth-order valence-electron chi connectivity index (χ4n) is 10.8. The minimum absolute atomic E-state index is 0.00320. The number of hydrogen-bond acceptors (Lipinski definition) is 5. The summed E-state index contributed by atoms with van der Waals surface area (Å²) in [4.78, 5) is 24.5. The van der Waals surface area contributed by atoms with Crippen molar-refractivity contribution in [3.63, 3.8) is 0 Å². The highest BCUT2D eigenvalue weighted by molar-refractivity contribution is 5.76. The van der Waals surface area contributed by atoms with Crippen molar-refractivity contribution in [1.82, 2.24) is 5.32 Å². The molecule has 0 aromatic heterocycles. The van der Waals surface area contributed by atoms with Crippen LogP contribution < -0.4 is 5.32 Å². The summed E-state index contributed by atoms with van der Waals surface area (Å²) in [5, 5.41) is 23.2. The Kier molecular flexibility index (Phi) is 65.4. The Morgan fingerprint density at radius 1 is 0.359 bits per heavy atom. The van der Waals surface area contributed by atoms with E-state index in [0.717, 1.165) is 57.8 Å². The summed E-state index contributed by atoms with van der Waals surface area (Å²) in [6, 6.07) is -0.538. The van der Waals surface area contributed by atoms with E-state index in [1.807, 2.05) is 0 Å². The van der Waals surface area contributed by atoms with Crippen LogP contribution in [-0.2, 0) is 14.3 Å². The van der Waals surface area contributed by atoms with Gasteiger partial charge in [-0.1, -0.05) is 326 Å². The third-order valence-corrected chi connectivity index (χ3v) is 16.1. The Morgan fingerprint density at radius 3 is 1.03 bits per heavy atom. The van der Waals surface area contributed by atoms with E-state index in [1.165, 1.54) is 283 Å². The summed E-state index contributed by atoms with van der Waals surface area (Å²) >= 11 is 0. The van der Waals surface area contributed by atoms with E-state index in [2.05, 4.69) is 67.8 Å². The average molecular weight is 1090 g/mol. The number of aliphatic hydroxyl groups excluding tert-OH is 2. The van der Waals surface area contributed by atoms with Crippen molar-refractivity contribution in [2.45, 2.75) is 386 Å². The molecule has 0 aliphatic rings. The molecule has 458 valence electrons. The van der Waals surface area contributed by atoms with Gasteiger partial charge in [0.2, 0.25) is 5.91 Å². The highest BCUT2D eigenvalue weighted by Gasteiger charge is 2.20. The lowest BCUT2D eigenvalue weighted by Gasteiger charge is -2.22. The van der Waals surface area contributed by atoms with Crippen LogP contribution in [0.4, 0.5) is 0 Å². The predicted molar refractivity (Wildman–Crippen MR) is 342 cm³/mol. The van der Waals surface area contributed by atoms with Crippen LogP contribution in [0.3, 0.4) is 0 Å². The van der Waals surface area contributed by atoms with Crippen molar-refractivity contribution in [2.75, 3.05) is 13.2 Å². The van der Waals surface area contributed by atoms with Crippen LogP contribution in [0, 0.1) is 0 Å². The van der Waals surface area contributed by atoms with Gasteiger partial charge in [-0.2, -0.15) is 0 Å². The molecule has 0 rings (SSSR count). The zero-order chi connectivity index (χ0) is 56.4. The predicted octanol–water partition coefficient (Wildman–Crippen LogP) is 22.5. The van der Waals surface area contributed by atoms with E-state index in [4.69, 9.17) is 4.74 Å². The number of allylic oxidation sites excluding steroid dienone is 8. The van der Waals surface area contributed by atoms with Gasteiger partial charge in [0.25, 0.3) is 0 Å². The second kappa shape index (κ2) is 67.3. The fourth-order valence-corrected chi connectivity index (χ4v) is 10.8. The largest absolute Gasteiger partial charge is 0.466 e. The molecule has 2 unspecified atom stereocenters. The maximum atomic E-state index is 12.5. The molecular formula is C72H135NO5. The monoisotopic (exact) mass is 1090 g/mol. The molecule has 3 N–H and O–H groups in total. The van der Waals surface area contributed by atoms with Gasteiger partial charge in [-0.3, -0.25) is 9.59 Å². The van der Waals surface area contributed by atoms with Crippen LogP contribution in [0.25, 0.3) is 0 Å². The quantitative estimate of drug-likeness (QED) is 0.0320. The number of carbonyl (C=O) groups excluding carboxylic acids is 2. The molecule has 0 aromatic carbocycles. The lowest BCUT2D eigenvalue weighted by atomic mass is 10.0. The molecule has 2 atom stereocenters. The van der Waals surface area contributed by atoms with Crippen molar-refractivity contribution in [3.8, 4) is 0 Å². The van der Waals surface area contributed by atoms with E-state index in [9.17, 15) is 19.8 Å². The van der Waals surface area contributed by atoms with E-state index >= 15 is 0 Å². The molecule has 0 saturated heterocycles. The molecule has 0 aliphatic carbocycles. The lowest BCUT2D eigenvalue weighted by molar-refractivity contribution is -0.143. The minimum atomic E-state index is -0.661. The molecule has 0 fully saturated rings. The zero-order valence-electron chi connectivity index (χ0n) is 52.4. The molecule has 6 nitrogen and oxygen atoms in total. The Morgan fingerprint density at radius 2 is 0.667 bits per heavy atom. The van der Waals surface area contributed by atoms with Gasteiger partial charge in [-0.25, -0.2) is 0 Å². The van der Waals surface area contributed by atoms with Crippen LogP contribution in [0.15, 0.2) is 48.6 Å². The molecular weight excluding hydrogens is 959 g/mol. The zero-order valence-corrected chi connectivity index (χ0v) is 52.4. The topological polar surface area (TPSA) is 95.9 Å². The molecule has 0 spiro atoms. The van der Waals surface area contributed by atoms with Gasteiger partial charge in [0.15, 0.2) is 0 Å². The minimum Gasteiger partial charge on any atom is -0.466 e. The molecule has 0 bridgehead atoms. The Bertz CT molecular complexity index is 1310. The van der Waals surface area contributed by atoms with Crippen LogP contribution in [0.1, 0.15) is 373 Å². The van der Waals surface area contributed by atoms with Crippen molar-refractivity contribution < 1.29 is 24.5 Å². The number of esters is 1. The normalized spacial score (nSPS) is 12.8. The third-order valence-electron chi connectivity index (χ3n) is 16.1. The van der Waals surface area contributed by atoms with E-state index in [-0.39, 0.29) is 18.5 Å². The average Bonchev–Trinajstić information content (AvgIpc) is 3.44. The molecule has 1 amide bonds. The van der Waals surface area contributed by atoms with Gasteiger partial charge in [0, 0.05) is 12.8 Å². The second-order valence-corrected chi connectivity index (χ2v) is 23.9. The number of unbranched alkanes of at least 4 members (excludes halogenated alkanes) is 46. The van der Waals surface area contributed by atoms with Crippen LogP contribution in [0.2, 0.25) is 0 Å². The van der Waals surface area contributed by atoms with Gasteiger partial charge in [0.1, 0.15) is 0 Å². The summed E-state index contributed by atoms with van der Waals surface area (Å²) in [5.41, 5.74) is 0. The molecule has 78 heavy (non-hydrogen) atoms. The SMILES string of the molecule is CCC/C=C\C/C=C\CCCCCCCC(=O)OCCCCCCCCCCCCCCC/C=C\C/C=C\CCCCCCCCCCCCCCCCCCCC(=O)NC(CO)C(O)CCCCCCCCCCCCC. The van der Waals surface area contributed by atoms with Crippen molar-refractivity contribution in [2.24, 2.45) is 0 Å². The maximum absolute atomic E-state index is 12.5. The maximum Gasteiger partial charge on any atom is 0.305 e. The first-order valence-electron chi connectivity index (χ1n) is 34.9. The number of aliphatic hydroxyl groups is 2. The number of hydrogen-bond donors (Lipinski definition) is 3. The van der Waals surface area contributed by atoms with E-state index in [0.29, 0.717) is 25.9 Å². The first-order chi connectivity index (χ1) is 38.5. The Balaban J connectivity index is 3.35. The molecule has 6 heteroatoms. The van der Waals surface area contributed by atoms with Gasteiger partial charge >= 0.3 is 5.97 Å². The second-order valence-electron chi connectivity index (χ2n) is 23.9. The van der Waals surface area contributed by atoms with Gasteiger partial charge in [-0.05, 0) is 83.5 Å². The standard InChI is InChI=1S/C72H135NO5/c1-3-5-7-9-11-13-15-41-46-50-54-58-62-66-72(77)78-67-63-59-55-51-47-43-40-38-36-34-32-30-28-26-24-22-20-18-16-17-19-21-23-25-27-29-31-33-35-37-39-42-45-49-53-57-61-65-71(76)73-69(68-74)70(75)64-60-56-52-48-44-14-12-10-8-6-4-2/h7,9,13,15-16,18,22,24,69-70,74-75H,3-6,8,10-12,14,17,19-21,23,25-68H2,1-2H3,(H,73,76)/b9-7-,15-13-,18-16-,24-22-. The van der Waals surface area contributed by atoms with Crippen molar-refractivity contribution in [1.29, 1.82) is 0 Å². The van der Waals surface area contributed by atoms with Crippen LogP contribution in [-0.4, -0.2) is 47.4 Å². The summed E-state index contributed by atoms with van der Waals surface area (Å²) < 4.78 is 5.47. The Hall–Kier alpha value is -2.18. The summed E-state index contributed by atoms with van der Waals surface area (Å²) in [7, 11) is 0. The van der Waals surface area contributed by atoms with Gasteiger partial charge in [-0.15, -0.1) is 0 Å². The van der Waals surface area contributed by atoms with E-state index in [1.54, 1.807) is 0 Å². The summed E-state index contributed by atoms with van der Waals surface area (Å²) in [6.45, 7) is 4.89. The lowest BCUT2D eigenvalue weighted by Crippen LogP contribution is -2.45. The molecule has 0 saturated carbocycles. The smallest absolute Gasteiger partial charge is 0.305 e. The number of rotatable bonds is 65. The van der Waals surface area contributed by atoms with Gasteiger partial charge in [0.05, 0.1) is 25.4 Å². The number of nitrogens with one attached hydrogen (secondary N) is 1. The van der Waals surface area contributed by atoms with Gasteiger partial charge < -0.3 is 20.3 Å². The van der Waals surface area contributed by atoms with Crippen molar-refractivity contribution in [3.05, 3.63) is 48.6 Å². The Labute approximate surface area is 486 Å². The summed E-state index contributed by atoms with van der Waals surface area (Å²) in [6.07, 6.45) is 87.5.